The van der Waals surface area contributed by atoms with Crippen LogP contribution in [0.3, 0.4) is 0 Å². The third-order valence-electron chi connectivity index (χ3n) is 2.53. The number of aromatic nitrogens is 1. The number of pyridine rings is 1. The second kappa shape index (κ2) is 6.30. The maximum Gasteiger partial charge on any atom is 0.338 e. The van der Waals surface area contributed by atoms with E-state index >= 15 is 0 Å². The highest BCUT2D eigenvalue weighted by Crippen LogP contribution is 2.21. The van der Waals surface area contributed by atoms with Gasteiger partial charge < -0.3 is 14.7 Å². The Kier molecular flexibility index (Phi) is 5.03. The number of carboxylic acids is 1. The normalized spacial score (nSPS) is 10.7. The molecule has 0 unspecified atom stereocenters. The Morgan fingerprint density at radius 1 is 1.61 bits per heavy atom. The summed E-state index contributed by atoms with van der Waals surface area (Å²) in [5.41, 5.74) is -0.372. The molecule has 0 bridgehead atoms. The molecule has 0 aliphatic heterocycles. The summed E-state index contributed by atoms with van der Waals surface area (Å²) in [6, 6.07) is 1.14. The van der Waals surface area contributed by atoms with Crippen molar-refractivity contribution < 1.29 is 19.0 Å². The van der Waals surface area contributed by atoms with Gasteiger partial charge in [0.05, 0.1) is 6.61 Å². The molecule has 0 saturated carbocycles. The highest BCUT2D eigenvalue weighted by molar-refractivity contribution is 5.88. The lowest BCUT2D eigenvalue weighted by Crippen LogP contribution is -2.35. The number of rotatable bonds is 6. The summed E-state index contributed by atoms with van der Waals surface area (Å²) in [5.74, 6) is -2.07. The van der Waals surface area contributed by atoms with Crippen molar-refractivity contribution in [2.45, 2.75) is 19.9 Å². The molecule has 5 nitrogen and oxygen atoms in total. The van der Waals surface area contributed by atoms with Crippen molar-refractivity contribution in [3.63, 3.8) is 0 Å². The molecule has 100 valence electrons. The van der Waals surface area contributed by atoms with Gasteiger partial charge in [0, 0.05) is 25.9 Å². The summed E-state index contributed by atoms with van der Waals surface area (Å²) in [6.07, 6.45) is 1.30. The number of ether oxygens (including phenoxy) is 1. The van der Waals surface area contributed by atoms with Gasteiger partial charge in [-0.1, -0.05) is 0 Å². The van der Waals surface area contributed by atoms with Gasteiger partial charge in [0.1, 0.15) is 5.56 Å². The molecule has 0 aromatic carbocycles. The van der Waals surface area contributed by atoms with Crippen LogP contribution in [0.5, 0.6) is 0 Å². The van der Waals surface area contributed by atoms with Crippen molar-refractivity contribution in [1.82, 2.24) is 4.98 Å². The van der Waals surface area contributed by atoms with Crippen LogP contribution < -0.4 is 4.90 Å². The monoisotopic (exact) mass is 256 g/mol. The number of anilines is 1. The maximum atomic E-state index is 14.0. The summed E-state index contributed by atoms with van der Waals surface area (Å²) in [6.45, 7) is 4.62. The molecule has 0 atom stereocenters. The van der Waals surface area contributed by atoms with Crippen LogP contribution in [0.4, 0.5) is 10.2 Å². The summed E-state index contributed by atoms with van der Waals surface area (Å²) in [5, 5.41) is 8.88. The quantitative estimate of drug-likeness (QED) is 0.840. The number of carbonyl (C=O) groups is 1. The first-order valence-electron chi connectivity index (χ1n) is 5.62. The lowest BCUT2D eigenvalue weighted by atomic mass is 10.2. The standard InChI is InChI=1S/C12H17FN2O3/c1-8(2)15(6-7-18-3)11-10(13)9(12(16)17)4-5-14-11/h4-5,8H,6-7H2,1-3H3,(H,16,17). The van der Waals surface area contributed by atoms with E-state index in [0.717, 1.165) is 6.07 Å². The molecule has 1 N–H and O–H groups in total. The van der Waals surface area contributed by atoms with Crippen molar-refractivity contribution >= 4 is 11.8 Å². The molecule has 0 fully saturated rings. The molecule has 1 aromatic rings. The lowest BCUT2D eigenvalue weighted by molar-refractivity contribution is 0.0691. The predicted octanol–water partition coefficient (Wildman–Crippen LogP) is 1.78. The first-order chi connectivity index (χ1) is 8.49. The topological polar surface area (TPSA) is 62.7 Å². The van der Waals surface area contributed by atoms with Crippen molar-refractivity contribution in [1.29, 1.82) is 0 Å². The summed E-state index contributed by atoms with van der Waals surface area (Å²) >= 11 is 0. The Hall–Kier alpha value is -1.69. The zero-order valence-electron chi connectivity index (χ0n) is 10.7. The second-order valence-corrected chi connectivity index (χ2v) is 4.08. The van der Waals surface area contributed by atoms with Crippen LogP contribution in [0.2, 0.25) is 0 Å². The van der Waals surface area contributed by atoms with Crippen LogP contribution in [0.25, 0.3) is 0 Å². The van der Waals surface area contributed by atoms with Crippen LogP contribution in [-0.2, 0) is 4.74 Å². The SMILES string of the molecule is COCCN(c1nccc(C(=O)O)c1F)C(C)C. The van der Waals surface area contributed by atoms with Crippen molar-refractivity contribution in [2.75, 3.05) is 25.2 Å². The van der Waals surface area contributed by atoms with E-state index in [4.69, 9.17) is 9.84 Å². The van der Waals surface area contributed by atoms with Gasteiger partial charge in [0.25, 0.3) is 0 Å². The number of methoxy groups -OCH3 is 1. The molecule has 1 heterocycles. The minimum absolute atomic E-state index is 0.00815. The average molecular weight is 256 g/mol. The van der Waals surface area contributed by atoms with E-state index in [1.807, 2.05) is 13.8 Å². The first-order valence-corrected chi connectivity index (χ1v) is 5.62. The van der Waals surface area contributed by atoms with E-state index in [2.05, 4.69) is 4.98 Å². The molecule has 6 heteroatoms. The van der Waals surface area contributed by atoms with E-state index < -0.39 is 11.8 Å². The lowest BCUT2D eigenvalue weighted by Gasteiger charge is -2.28. The molecule has 18 heavy (non-hydrogen) atoms. The molecule has 0 spiro atoms. The Balaban J connectivity index is 3.12. The van der Waals surface area contributed by atoms with E-state index in [-0.39, 0.29) is 17.4 Å². The van der Waals surface area contributed by atoms with E-state index in [0.29, 0.717) is 13.2 Å². The third-order valence-corrected chi connectivity index (χ3v) is 2.53. The molecule has 0 saturated heterocycles. The number of nitrogens with zero attached hydrogens (tertiary/aromatic N) is 2. The maximum absolute atomic E-state index is 14.0. The predicted molar refractivity (Wildman–Crippen MR) is 65.5 cm³/mol. The zero-order valence-corrected chi connectivity index (χ0v) is 10.7. The fourth-order valence-electron chi connectivity index (χ4n) is 1.60. The highest BCUT2D eigenvalue weighted by Gasteiger charge is 2.21. The first kappa shape index (κ1) is 14.4. The van der Waals surface area contributed by atoms with E-state index in [1.165, 1.54) is 6.20 Å². The van der Waals surface area contributed by atoms with Crippen molar-refractivity contribution in [3.8, 4) is 0 Å². The molecule has 0 aliphatic rings. The Bertz CT molecular complexity index is 424. The largest absolute Gasteiger partial charge is 0.478 e. The molecule has 0 radical (unpaired) electrons. The fraction of sp³-hybridized carbons (Fsp3) is 0.500. The third kappa shape index (κ3) is 3.16. The average Bonchev–Trinajstić information content (AvgIpc) is 2.30. The minimum Gasteiger partial charge on any atom is -0.478 e. The summed E-state index contributed by atoms with van der Waals surface area (Å²) < 4.78 is 19.0. The van der Waals surface area contributed by atoms with Gasteiger partial charge in [-0.25, -0.2) is 14.2 Å². The zero-order chi connectivity index (χ0) is 13.7. The van der Waals surface area contributed by atoms with Crippen molar-refractivity contribution in [2.24, 2.45) is 0 Å². The summed E-state index contributed by atoms with van der Waals surface area (Å²) in [4.78, 5) is 16.5. The number of hydrogen-bond acceptors (Lipinski definition) is 4. The number of halogens is 1. The van der Waals surface area contributed by atoms with Gasteiger partial charge in [-0.05, 0) is 19.9 Å². The molecular weight excluding hydrogens is 239 g/mol. The molecule has 0 amide bonds. The van der Waals surface area contributed by atoms with Crippen LogP contribution in [0, 0.1) is 5.82 Å². The van der Waals surface area contributed by atoms with E-state index in [9.17, 15) is 9.18 Å². The van der Waals surface area contributed by atoms with Crippen LogP contribution in [0.15, 0.2) is 12.3 Å². The Morgan fingerprint density at radius 2 is 2.28 bits per heavy atom. The van der Waals surface area contributed by atoms with Gasteiger partial charge >= 0.3 is 5.97 Å². The number of carboxylic acid groups (broad SMARTS) is 1. The van der Waals surface area contributed by atoms with Gasteiger partial charge in [-0.2, -0.15) is 0 Å². The Labute approximate surface area is 105 Å². The second-order valence-electron chi connectivity index (χ2n) is 4.08. The molecular formula is C12H17FN2O3. The Morgan fingerprint density at radius 3 is 2.78 bits per heavy atom. The fourth-order valence-corrected chi connectivity index (χ4v) is 1.60. The summed E-state index contributed by atoms with van der Waals surface area (Å²) in [7, 11) is 1.55. The van der Waals surface area contributed by atoms with Crippen LogP contribution in [0.1, 0.15) is 24.2 Å². The molecule has 1 rings (SSSR count). The molecule has 0 aliphatic carbocycles. The number of aromatic carboxylic acids is 1. The molecule has 1 aromatic heterocycles. The van der Waals surface area contributed by atoms with Gasteiger partial charge in [-0.3, -0.25) is 0 Å². The van der Waals surface area contributed by atoms with Crippen LogP contribution >= 0.6 is 0 Å². The van der Waals surface area contributed by atoms with Crippen LogP contribution in [-0.4, -0.2) is 42.4 Å². The van der Waals surface area contributed by atoms with Gasteiger partial charge in [0.2, 0.25) is 0 Å². The van der Waals surface area contributed by atoms with Crippen molar-refractivity contribution in [3.05, 3.63) is 23.6 Å². The highest BCUT2D eigenvalue weighted by atomic mass is 19.1. The van der Waals surface area contributed by atoms with Gasteiger partial charge in [0.15, 0.2) is 11.6 Å². The smallest absolute Gasteiger partial charge is 0.338 e. The number of hydrogen-bond donors (Lipinski definition) is 1. The van der Waals surface area contributed by atoms with E-state index in [1.54, 1.807) is 12.0 Å². The minimum atomic E-state index is -1.30. The van der Waals surface area contributed by atoms with Gasteiger partial charge in [-0.15, -0.1) is 0 Å².